The van der Waals surface area contributed by atoms with E-state index >= 15 is 0 Å². The van der Waals surface area contributed by atoms with E-state index in [1.54, 1.807) is 9.80 Å². The van der Waals surface area contributed by atoms with Crippen molar-refractivity contribution in [3.8, 4) is 0 Å². The van der Waals surface area contributed by atoms with Gasteiger partial charge in [-0.3, -0.25) is 0 Å². The number of rotatable bonds is 2. The Kier molecular flexibility index (Phi) is 3.50. The monoisotopic (exact) mass is 294 g/mol. The lowest BCUT2D eigenvalue weighted by Gasteiger charge is -2.43. The molecular weight excluding hydrogens is 276 g/mol. The van der Waals surface area contributed by atoms with Gasteiger partial charge < -0.3 is 20.6 Å². The van der Waals surface area contributed by atoms with E-state index in [1.807, 2.05) is 0 Å². The first-order valence-corrected chi connectivity index (χ1v) is 6.99. The van der Waals surface area contributed by atoms with Crippen molar-refractivity contribution in [1.82, 2.24) is 24.8 Å². The van der Waals surface area contributed by atoms with Crippen LogP contribution >= 0.6 is 0 Å². The number of carboxylic acids is 1. The molecule has 1 unspecified atom stereocenters. The summed E-state index contributed by atoms with van der Waals surface area (Å²) in [4.78, 5) is 26.5. The highest BCUT2D eigenvalue weighted by atomic mass is 16.4. The van der Waals surface area contributed by atoms with Crippen molar-refractivity contribution in [2.75, 3.05) is 26.2 Å². The average molecular weight is 294 g/mol. The number of piperidine rings is 1. The molecule has 2 fully saturated rings. The maximum absolute atomic E-state index is 12.3. The van der Waals surface area contributed by atoms with E-state index in [1.165, 1.54) is 10.9 Å². The molecule has 0 saturated carbocycles. The van der Waals surface area contributed by atoms with Gasteiger partial charge in [-0.2, -0.15) is 0 Å². The van der Waals surface area contributed by atoms with Crippen molar-refractivity contribution >= 4 is 12.0 Å². The van der Waals surface area contributed by atoms with Gasteiger partial charge in [0.25, 0.3) is 0 Å². The molecule has 0 radical (unpaired) electrons. The van der Waals surface area contributed by atoms with Crippen molar-refractivity contribution in [1.29, 1.82) is 0 Å². The Morgan fingerprint density at radius 2 is 2.05 bits per heavy atom. The lowest BCUT2D eigenvalue weighted by Crippen LogP contribution is -2.58. The first-order chi connectivity index (χ1) is 10.0. The number of nitrogens with two attached hydrogens (primary N) is 1. The van der Waals surface area contributed by atoms with Crippen LogP contribution in [0.25, 0.3) is 0 Å². The molecule has 9 heteroatoms. The predicted molar refractivity (Wildman–Crippen MR) is 71.8 cm³/mol. The Balaban J connectivity index is 1.55. The third-order valence-electron chi connectivity index (χ3n) is 3.96. The molecule has 2 saturated heterocycles. The molecule has 0 spiro atoms. The van der Waals surface area contributed by atoms with Crippen LogP contribution in [0.3, 0.4) is 0 Å². The molecule has 3 heterocycles. The topological polar surface area (TPSA) is 118 Å². The van der Waals surface area contributed by atoms with E-state index in [-0.39, 0.29) is 23.8 Å². The molecule has 1 atom stereocenters. The molecule has 3 N–H and O–H groups in total. The van der Waals surface area contributed by atoms with Crippen LogP contribution in [0.15, 0.2) is 6.20 Å². The largest absolute Gasteiger partial charge is 0.476 e. The molecule has 9 nitrogen and oxygen atoms in total. The van der Waals surface area contributed by atoms with Gasteiger partial charge in [-0.1, -0.05) is 5.21 Å². The van der Waals surface area contributed by atoms with Gasteiger partial charge >= 0.3 is 12.0 Å². The second kappa shape index (κ2) is 5.32. The van der Waals surface area contributed by atoms with Gasteiger partial charge in [0.2, 0.25) is 0 Å². The molecule has 114 valence electrons. The summed E-state index contributed by atoms with van der Waals surface area (Å²) in [5.41, 5.74) is 5.80. The van der Waals surface area contributed by atoms with Crippen molar-refractivity contribution in [3.63, 3.8) is 0 Å². The van der Waals surface area contributed by atoms with Gasteiger partial charge in [-0.25, -0.2) is 14.3 Å². The molecule has 2 amide bonds. The molecular formula is C12H18N6O3. The summed E-state index contributed by atoms with van der Waals surface area (Å²) in [6.45, 7) is 2.40. The maximum atomic E-state index is 12.3. The van der Waals surface area contributed by atoms with Gasteiger partial charge in [0.1, 0.15) is 0 Å². The second-order valence-electron chi connectivity index (χ2n) is 5.58. The average Bonchev–Trinajstić information content (AvgIpc) is 2.86. The minimum absolute atomic E-state index is 0.0000247. The predicted octanol–water partition coefficient (Wildman–Crippen LogP) is -0.624. The van der Waals surface area contributed by atoms with Crippen LogP contribution in [0.2, 0.25) is 0 Å². The Hall–Kier alpha value is -2.16. The summed E-state index contributed by atoms with van der Waals surface area (Å²) in [6, 6.07) is 0.0567. The summed E-state index contributed by atoms with van der Waals surface area (Å²) >= 11 is 0. The van der Waals surface area contributed by atoms with E-state index in [4.69, 9.17) is 10.8 Å². The lowest BCUT2D eigenvalue weighted by atomic mass is 10.1. The summed E-state index contributed by atoms with van der Waals surface area (Å²) < 4.78 is 1.51. The molecule has 21 heavy (non-hydrogen) atoms. The van der Waals surface area contributed by atoms with E-state index in [9.17, 15) is 9.59 Å². The highest BCUT2D eigenvalue weighted by molar-refractivity contribution is 5.84. The number of carbonyl (C=O) groups is 2. The van der Waals surface area contributed by atoms with Crippen molar-refractivity contribution in [2.24, 2.45) is 5.73 Å². The summed E-state index contributed by atoms with van der Waals surface area (Å²) in [6.07, 6.45) is 3.30. The molecule has 0 aliphatic carbocycles. The molecule has 1 aromatic rings. The van der Waals surface area contributed by atoms with Gasteiger partial charge in [0.15, 0.2) is 5.69 Å². The number of nitrogens with zero attached hydrogens (tertiary/aromatic N) is 5. The standard InChI is InChI=1S/C12H18N6O3/c13-8-2-1-3-16(4-8)12(21)17-5-9(6-17)18-7-10(11(19)20)14-15-18/h7-9H,1-6,13H2,(H,19,20). The van der Waals surface area contributed by atoms with Crippen molar-refractivity contribution in [2.45, 2.75) is 24.9 Å². The summed E-state index contributed by atoms with van der Waals surface area (Å²) in [5, 5.41) is 16.2. The van der Waals surface area contributed by atoms with Crippen LogP contribution in [-0.2, 0) is 0 Å². The number of carboxylic acid groups (broad SMARTS) is 1. The number of hydrogen-bond acceptors (Lipinski definition) is 5. The number of aromatic nitrogens is 3. The van der Waals surface area contributed by atoms with Gasteiger partial charge in [0.05, 0.1) is 12.2 Å². The van der Waals surface area contributed by atoms with E-state index < -0.39 is 5.97 Å². The second-order valence-corrected chi connectivity index (χ2v) is 5.58. The third kappa shape index (κ3) is 2.68. The number of aromatic carboxylic acids is 1. The third-order valence-corrected chi connectivity index (χ3v) is 3.96. The number of carbonyl (C=O) groups excluding carboxylic acids is 1. The highest BCUT2D eigenvalue weighted by Gasteiger charge is 2.36. The zero-order valence-electron chi connectivity index (χ0n) is 11.6. The zero-order valence-corrected chi connectivity index (χ0v) is 11.6. The van der Waals surface area contributed by atoms with Crippen molar-refractivity contribution < 1.29 is 14.7 Å². The van der Waals surface area contributed by atoms with E-state index in [0.717, 1.165) is 19.4 Å². The molecule has 2 aliphatic heterocycles. The van der Waals surface area contributed by atoms with Crippen LogP contribution in [0.4, 0.5) is 4.79 Å². The molecule has 0 aromatic carbocycles. The molecule has 0 bridgehead atoms. The lowest BCUT2D eigenvalue weighted by molar-refractivity contribution is 0.0689. The van der Waals surface area contributed by atoms with Crippen LogP contribution in [-0.4, -0.2) is 74.1 Å². The van der Waals surface area contributed by atoms with Crippen LogP contribution in [0.1, 0.15) is 29.4 Å². The number of hydrogen-bond donors (Lipinski definition) is 2. The van der Waals surface area contributed by atoms with Crippen LogP contribution in [0, 0.1) is 0 Å². The van der Waals surface area contributed by atoms with Crippen LogP contribution < -0.4 is 5.73 Å². The SMILES string of the molecule is NC1CCCN(C(=O)N2CC(n3cc(C(=O)O)nn3)C2)C1. The molecule has 2 aliphatic rings. The zero-order chi connectivity index (χ0) is 15.0. The van der Waals surface area contributed by atoms with Crippen LogP contribution in [0.5, 0.6) is 0 Å². The van der Waals surface area contributed by atoms with Gasteiger partial charge in [-0.05, 0) is 12.8 Å². The first-order valence-electron chi connectivity index (χ1n) is 6.99. The normalized spacial score (nSPS) is 23.0. The quantitative estimate of drug-likeness (QED) is 0.750. The van der Waals surface area contributed by atoms with E-state index in [2.05, 4.69) is 10.3 Å². The highest BCUT2D eigenvalue weighted by Crippen LogP contribution is 2.23. The minimum Gasteiger partial charge on any atom is -0.476 e. The number of urea groups is 1. The summed E-state index contributed by atoms with van der Waals surface area (Å²) in [7, 11) is 0. The van der Waals surface area contributed by atoms with E-state index in [0.29, 0.717) is 19.6 Å². The number of amides is 2. The fraction of sp³-hybridized carbons (Fsp3) is 0.667. The fourth-order valence-corrected chi connectivity index (χ4v) is 2.72. The van der Waals surface area contributed by atoms with Gasteiger partial charge in [-0.15, -0.1) is 5.10 Å². The van der Waals surface area contributed by atoms with Gasteiger partial charge in [0, 0.05) is 32.2 Å². The molecule has 1 aromatic heterocycles. The molecule has 3 rings (SSSR count). The minimum atomic E-state index is -1.10. The Morgan fingerprint density at radius 3 is 2.67 bits per heavy atom. The Morgan fingerprint density at radius 1 is 1.29 bits per heavy atom. The van der Waals surface area contributed by atoms with Crippen molar-refractivity contribution in [3.05, 3.63) is 11.9 Å². The Labute approximate surface area is 121 Å². The maximum Gasteiger partial charge on any atom is 0.358 e. The summed E-state index contributed by atoms with van der Waals surface area (Å²) in [5.74, 6) is -1.10. The number of likely N-dealkylation sites (tertiary alicyclic amines) is 2. The fourth-order valence-electron chi connectivity index (χ4n) is 2.72. The smallest absolute Gasteiger partial charge is 0.358 e. The first kappa shape index (κ1) is 13.8. The Bertz CT molecular complexity index is 553.